The van der Waals surface area contributed by atoms with Crippen LogP contribution in [0.25, 0.3) is 10.9 Å². The number of hydrogen-bond acceptors (Lipinski definition) is 3. The molecule has 0 spiro atoms. The van der Waals surface area contributed by atoms with Gasteiger partial charge in [-0.2, -0.15) is 0 Å². The van der Waals surface area contributed by atoms with E-state index >= 15 is 0 Å². The van der Waals surface area contributed by atoms with Crippen LogP contribution < -0.4 is 0 Å². The van der Waals surface area contributed by atoms with E-state index in [1.165, 1.54) is 16.6 Å². The summed E-state index contributed by atoms with van der Waals surface area (Å²) in [5, 5.41) is 5.33. The van der Waals surface area contributed by atoms with Gasteiger partial charge in [0, 0.05) is 24.4 Å². The Labute approximate surface area is 111 Å². The predicted octanol–water partition coefficient (Wildman–Crippen LogP) is 3.13. The molecule has 98 valence electrons. The molecule has 2 heterocycles. The smallest absolute Gasteiger partial charge is 0.162 e. The zero-order valence-electron chi connectivity index (χ0n) is 11.1. The highest BCUT2D eigenvalue weighted by Gasteiger charge is 2.09. The quantitative estimate of drug-likeness (QED) is 0.720. The summed E-state index contributed by atoms with van der Waals surface area (Å²) in [5.74, 6) is 0.756. The van der Waals surface area contributed by atoms with Crippen LogP contribution in [0, 0.1) is 6.92 Å². The maximum absolute atomic E-state index is 5.22. The van der Waals surface area contributed by atoms with E-state index < -0.39 is 0 Å². The minimum atomic E-state index is 0.457. The summed E-state index contributed by atoms with van der Waals surface area (Å²) in [4.78, 5) is 0. The van der Waals surface area contributed by atoms with Gasteiger partial charge in [-0.25, -0.2) is 0 Å². The summed E-state index contributed by atoms with van der Waals surface area (Å²) < 4.78 is 12.5. The lowest BCUT2D eigenvalue weighted by Crippen LogP contribution is -2.01. The molecule has 0 N–H and O–H groups in total. The van der Waals surface area contributed by atoms with Crippen molar-refractivity contribution >= 4 is 10.9 Å². The van der Waals surface area contributed by atoms with Gasteiger partial charge in [0.25, 0.3) is 0 Å². The van der Waals surface area contributed by atoms with E-state index in [1.54, 1.807) is 7.11 Å². The van der Waals surface area contributed by atoms with Crippen LogP contribution in [0.4, 0.5) is 0 Å². The maximum atomic E-state index is 5.22. The summed E-state index contributed by atoms with van der Waals surface area (Å²) in [7, 11) is 1.64. The number of ether oxygens (including phenoxy) is 1. The monoisotopic (exact) mass is 256 g/mol. The number of aromatic nitrogens is 2. The molecule has 1 aromatic carbocycles. The van der Waals surface area contributed by atoms with Crippen molar-refractivity contribution in [1.29, 1.82) is 0 Å². The molecule has 0 aliphatic heterocycles. The SMILES string of the molecule is COCc1cc(Cn2c(C)cc3ccccc32)no1. The van der Waals surface area contributed by atoms with Crippen LogP contribution in [0.5, 0.6) is 0 Å². The Balaban J connectivity index is 1.93. The number of nitrogens with zero attached hydrogens (tertiary/aromatic N) is 2. The van der Waals surface area contributed by atoms with Crippen LogP contribution in [0.1, 0.15) is 17.1 Å². The number of rotatable bonds is 4. The standard InChI is InChI=1S/C15H16N2O2/c1-11-7-12-5-3-4-6-15(12)17(11)9-13-8-14(10-18-2)19-16-13/h3-8H,9-10H2,1-2H3. The number of fused-ring (bicyclic) bond motifs is 1. The zero-order valence-corrected chi connectivity index (χ0v) is 11.1. The molecule has 0 saturated heterocycles. The van der Waals surface area contributed by atoms with Crippen molar-refractivity contribution in [2.75, 3.05) is 7.11 Å². The first-order chi connectivity index (χ1) is 9.28. The summed E-state index contributed by atoms with van der Waals surface area (Å²) in [6.45, 7) is 3.28. The van der Waals surface area contributed by atoms with E-state index in [1.807, 2.05) is 6.07 Å². The Morgan fingerprint density at radius 3 is 2.95 bits per heavy atom. The van der Waals surface area contributed by atoms with Crippen LogP contribution in [0.2, 0.25) is 0 Å². The first-order valence-electron chi connectivity index (χ1n) is 6.26. The molecule has 19 heavy (non-hydrogen) atoms. The maximum Gasteiger partial charge on any atom is 0.162 e. The van der Waals surface area contributed by atoms with Crippen molar-refractivity contribution < 1.29 is 9.26 Å². The van der Waals surface area contributed by atoms with Crippen LogP contribution in [0.15, 0.2) is 40.9 Å². The average molecular weight is 256 g/mol. The highest BCUT2D eigenvalue weighted by molar-refractivity contribution is 5.81. The largest absolute Gasteiger partial charge is 0.377 e. The van der Waals surface area contributed by atoms with Crippen molar-refractivity contribution in [3.8, 4) is 0 Å². The molecule has 3 aromatic rings. The number of para-hydroxylation sites is 1. The molecular formula is C15H16N2O2. The average Bonchev–Trinajstić information content (AvgIpc) is 2.96. The van der Waals surface area contributed by atoms with Gasteiger partial charge in [-0.05, 0) is 24.4 Å². The molecule has 4 heteroatoms. The summed E-state index contributed by atoms with van der Waals surface area (Å²) in [6, 6.07) is 12.5. The topological polar surface area (TPSA) is 40.2 Å². The second-order valence-corrected chi connectivity index (χ2v) is 4.65. The number of benzene rings is 1. The molecule has 4 nitrogen and oxygen atoms in total. The van der Waals surface area contributed by atoms with E-state index in [0.717, 1.165) is 11.5 Å². The molecule has 0 aliphatic rings. The Kier molecular flexibility index (Phi) is 3.09. The van der Waals surface area contributed by atoms with Gasteiger partial charge in [0.05, 0.1) is 6.54 Å². The third-order valence-corrected chi connectivity index (χ3v) is 3.23. The molecule has 2 aromatic heterocycles. The van der Waals surface area contributed by atoms with Gasteiger partial charge in [0.1, 0.15) is 12.3 Å². The number of aryl methyl sites for hydroxylation is 1. The van der Waals surface area contributed by atoms with Crippen molar-refractivity contribution in [2.45, 2.75) is 20.1 Å². The first-order valence-corrected chi connectivity index (χ1v) is 6.26. The highest BCUT2D eigenvalue weighted by Crippen LogP contribution is 2.20. The molecule has 0 aliphatic carbocycles. The normalized spacial score (nSPS) is 11.3. The van der Waals surface area contributed by atoms with Crippen molar-refractivity contribution in [2.24, 2.45) is 0 Å². The van der Waals surface area contributed by atoms with Crippen molar-refractivity contribution in [3.63, 3.8) is 0 Å². The van der Waals surface area contributed by atoms with Gasteiger partial charge in [-0.1, -0.05) is 23.4 Å². The molecule has 0 amide bonds. The van der Waals surface area contributed by atoms with Gasteiger partial charge in [0.2, 0.25) is 0 Å². The van der Waals surface area contributed by atoms with E-state index in [-0.39, 0.29) is 0 Å². The lowest BCUT2D eigenvalue weighted by atomic mass is 10.2. The Morgan fingerprint density at radius 2 is 2.11 bits per heavy atom. The molecule has 0 saturated carbocycles. The third-order valence-electron chi connectivity index (χ3n) is 3.23. The molecule has 3 rings (SSSR count). The van der Waals surface area contributed by atoms with Gasteiger partial charge in [-0.15, -0.1) is 0 Å². The van der Waals surface area contributed by atoms with E-state index in [9.17, 15) is 0 Å². The van der Waals surface area contributed by atoms with Gasteiger partial charge in [-0.3, -0.25) is 0 Å². The molecule has 0 fully saturated rings. The zero-order chi connectivity index (χ0) is 13.2. The van der Waals surface area contributed by atoms with Gasteiger partial charge in [0.15, 0.2) is 5.76 Å². The summed E-state index contributed by atoms with van der Waals surface area (Å²) in [5.41, 5.74) is 3.35. The fourth-order valence-corrected chi connectivity index (χ4v) is 2.36. The second-order valence-electron chi connectivity index (χ2n) is 4.65. The van der Waals surface area contributed by atoms with Crippen LogP contribution in [0.3, 0.4) is 0 Å². The number of methoxy groups -OCH3 is 1. The Hall–Kier alpha value is -2.07. The van der Waals surface area contributed by atoms with Crippen LogP contribution in [-0.2, 0) is 17.9 Å². The highest BCUT2D eigenvalue weighted by atomic mass is 16.5. The lowest BCUT2D eigenvalue weighted by molar-refractivity contribution is 0.155. The summed E-state index contributed by atoms with van der Waals surface area (Å²) in [6.07, 6.45) is 0. The third kappa shape index (κ3) is 2.27. The van der Waals surface area contributed by atoms with E-state index in [2.05, 4.69) is 47.0 Å². The van der Waals surface area contributed by atoms with E-state index in [4.69, 9.17) is 9.26 Å². The van der Waals surface area contributed by atoms with Crippen LogP contribution in [-0.4, -0.2) is 16.8 Å². The predicted molar refractivity (Wildman–Crippen MR) is 73.0 cm³/mol. The van der Waals surface area contributed by atoms with Gasteiger partial charge < -0.3 is 13.8 Å². The van der Waals surface area contributed by atoms with Crippen molar-refractivity contribution in [3.05, 3.63) is 53.5 Å². The molecular weight excluding hydrogens is 240 g/mol. The van der Waals surface area contributed by atoms with E-state index in [0.29, 0.717) is 13.2 Å². The van der Waals surface area contributed by atoms with Crippen molar-refractivity contribution in [1.82, 2.24) is 9.72 Å². The fraction of sp³-hybridized carbons (Fsp3) is 0.267. The van der Waals surface area contributed by atoms with Crippen LogP contribution >= 0.6 is 0 Å². The first kappa shape index (κ1) is 12.0. The minimum Gasteiger partial charge on any atom is -0.377 e. The Morgan fingerprint density at radius 1 is 1.26 bits per heavy atom. The molecule has 0 radical (unpaired) electrons. The lowest BCUT2D eigenvalue weighted by Gasteiger charge is -2.05. The second kappa shape index (κ2) is 4.90. The molecule has 0 unspecified atom stereocenters. The van der Waals surface area contributed by atoms with Gasteiger partial charge >= 0.3 is 0 Å². The minimum absolute atomic E-state index is 0.457. The summed E-state index contributed by atoms with van der Waals surface area (Å²) >= 11 is 0. The molecule has 0 atom stereocenters. The molecule has 0 bridgehead atoms. The Bertz CT molecular complexity index is 697. The fourth-order valence-electron chi connectivity index (χ4n) is 2.36. The number of hydrogen-bond donors (Lipinski definition) is 0.